The molecule has 4 nitrogen and oxygen atoms in total. The van der Waals surface area contributed by atoms with E-state index < -0.39 is 0 Å². The molecule has 4 aliphatic carbocycles. The van der Waals surface area contributed by atoms with E-state index in [4.69, 9.17) is 0 Å². The standard InChI is InChI=1S/C69H54N4S/c1-2-6-19-53(18-5-1)71(57-39-34-51(35-40-57)52-36-43-59(44-37-52)73(55-22-9-4-10-23-55)61-45-46-69-65(48-61)63-27-12-14-30-68(63)74-69)56-24-15-17-49(31-38-56)50-32-41-58(42-33-50)72(54-20-7-3-8-21-54)60-25-16-29-67-64(47-60)62-26-11-13-28-66(62)70-67/h1-2,4-5,7,9-16,18-24,26-48,70H,3,6,8,17,25H2. The number of allylic oxidation sites excluding steroid dienone is 14. The summed E-state index contributed by atoms with van der Waals surface area (Å²) in [6.45, 7) is 0. The number of aromatic nitrogens is 1. The molecule has 0 fully saturated rings. The lowest BCUT2D eigenvalue weighted by atomic mass is 10.0. The van der Waals surface area contributed by atoms with E-state index in [9.17, 15) is 0 Å². The highest BCUT2D eigenvalue weighted by molar-refractivity contribution is 7.25. The first-order valence-electron chi connectivity index (χ1n) is 25.8. The first kappa shape index (κ1) is 45.0. The maximum atomic E-state index is 3.64. The van der Waals surface area contributed by atoms with Crippen molar-refractivity contribution in [3.8, 4) is 11.1 Å². The average Bonchev–Trinajstić information content (AvgIpc) is 3.63. The fraction of sp³-hybridized carbons (Fsp3) is 0.0725. The first-order chi connectivity index (χ1) is 36.7. The summed E-state index contributed by atoms with van der Waals surface area (Å²) in [5.74, 6) is 0. The van der Waals surface area contributed by atoms with Crippen LogP contribution < -0.4 is 14.7 Å². The molecule has 356 valence electrons. The van der Waals surface area contributed by atoms with E-state index in [1.54, 1.807) is 0 Å². The summed E-state index contributed by atoms with van der Waals surface area (Å²) in [4.78, 5) is 10.8. The van der Waals surface area contributed by atoms with Crippen molar-refractivity contribution in [3.63, 3.8) is 0 Å². The molecule has 5 heteroatoms. The molecule has 0 unspecified atom stereocenters. The molecule has 0 aliphatic heterocycles. The Morgan fingerprint density at radius 2 is 1.07 bits per heavy atom. The highest BCUT2D eigenvalue weighted by atomic mass is 32.1. The Hall–Kier alpha value is -8.90. The lowest BCUT2D eigenvalue weighted by Crippen LogP contribution is -2.21. The average molecular weight is 971 g/mol. The van der Waals surface area contributed by atoms with E-state index in [2.05, 4.69) is 281 Å². The summed E-state index contributed by atoms with van der Waals surface area (Å²) in [5.41, 5.74) is 18.8. The maximum Gasteiger partial charge on any atom is 0.0468 e. The fourth-order valence-corrected chi connectivity index (χ4v) is 12.0. The third-order valence-electron chi connectivity index (χ3n) is 14.5. The lowest BCUT2D eigenvalue weighted by Gasteiger charge is -2.30. The van der Waals surface area contributed by atoms with Gasteiger partial charge in [0.15, 0.2) is 0 Å². The Labute approximate surface area is 437 Å². The molecule has 2 aromatic heterocycles. The molecule has 0 saturated carbocycles. The number of anilines is 5. The van der Waals surface area contributed by atoms with Crippen molar-refractivity contribution < 1.29 is 0 Å². The number of benzene rings is 7. The molecular weight excluding hydrogens is 917 g/mol. The zero-order valence-electron chi connectivity index (χ0n) is 41.1. The van der Waals surface area contributed by atoms with E-state index in [0.717, 1.165) is 83.1 Å². The second-order valence-electron chi connectivity index (χ2n) is 19.2. The van der Waals surface area contributed by atoms with Gasteiger partial charge in [0.25, 0.3) is 0 Å². The van der Waals surface area contributed by atoms with Gasteiger partial charge in [0.1, 0.15) is 0 Å². The molecule has 0 atom stereocenters. The molecule has 13 rings (SSSR count). The van der Waals surface area contributed by atoms with Crippen molar-refractivity contribution in [2.45, 2.75) is 32.1 Å². The first-order valence-corrected chi connectivity index (χ1v) is 26.6. The number of para-hydroxylation sites is 2. The Kier molecular flexibility index (Phi) is 12.1. The molecule has 2 heterocycles. The van der Waals surface area contributed by atoms with Crippen LogP contribution in [0, 0.1) is 0 Å². The van der Waals surface area contributed by atoms with Crippen LogP contribution in [0.3, 0.4) is 0 Å². The summed E-state index contributed by atoms with van der Waals surface area (Å²) in [5, 5.41) is 3.84. The Bertz CT molecular complexity index is 3900. The summed E-state index contributed by atoms with van der Waals surface area (Å²) < 4.78 is 2.62. The van der Waals surface area contributed by atoms with Crippen molar-refractivity contribution in [1.82, 2.24) is 4.98 Å². The number of H-pyrrole nitrogens is 1. The molecule has 0 spiro atoms. The zero-order valence-corrected chi connectivity index (χ0v) is 41.9. The van der Waals surface area contributed by atoms with E-state index in [1.807, 2.05) is 11.3 Å². The minimum absolute atomic E-state index is 0.830. The predicted octanol–water partition coefficient (Wildman–Crippen LogP) is 19.3. The van der Waals surface area contributed by atoms with Gasteiger partial charge in [0.05, 0.1) is 0 Å². The quantitative estimate of drug-likeness (QED) is 0.140. The van der Waals surface area contributed by atoms with Gasteiger partial charge in [-0.25, -0.2) is 0 Å². The van der Waals surface area contributed by atoms with Crippen molar-refractivity contribution in [3.05, 3.63) is 288 Å². The number of hydrogen-bond donors (Lipinski definition) is 1. The van der Waals surface area contributed by atoms with E-state index in [1.165, 1.54) is 64.8 Å². The van der Waals surface area contributed by atoms with Gasteiger partial charge in [-0.1, -0.05) is 146 Å². The molecule has 0 radical (unpaired) electrons. The monoisotopic (exact) mass is 970 g/mol. The smallest absolute Gasteiger partial charge is 0.0468 e. The molecule has 74 heavy (non-hydrogen) atoms. The van der Waals surface area contributed by atoms with Gasteiger partial charge in [-0.3, -0.25) is 0 Å². The number of rotatable bonds is 11. The minimum atomic E-state index is 0.830. The van der Waals surface area contributed by atoms with Crippen molar-refractivity contribution in [2.24, 2.45) is 0 Å². The number of fused-ring (bicyclic) bond motifs is 6. The largest absolute Gasteiger partial charge is 0.355 e. The molecule has 0 amide bonds. The summed E-state index contributed by atoms with van der Waals surface area (Å²) in [6, 6.07) is 62.1. The Balaban J connectivity index is 0.784. The molecule has 1 N–H and O–H groups in total. The zero-order chi connectivity index (χ0) is 49.2. The van der Waals surface area contributed by atoms with E-state index in [-0.39, 0.29) is 0 Å². The van der Waals surface area contributed by atoms with Crippen LogP contribution in [0.5, 0.6) is 0 Å². The van der Waals surface area contributed by atoms with Crippen LogP contribution in [0.25, 0.3) is 59.9 Å². The third kappa shape index (κ3) is 8.82. The van der Waals surface area contributed by atoms with Crippen LogP contribution in [-0.2, 0) is 0 Å². The SMILES string of the molecule is C1=CCC=C(N(C2=CC=C(c3ccc(N(C4=CCCC=C4)C4=Cc5c([nH]c6ccccc56)C=CC4)cc3)CC=C2)c2ccc(-c3ccc(N(c4ccccc4)c4ccc5sc6ccccc6c5c4)cc3)cc2)C=C1. The molecule has 0 bridgehead atoms. The van der Waals surface area contributed by atoms with Gasteiger partial charge < -0.3 is 19.7 Å². The van der Waals surface area contributed by atoms with Crippen LogP contribution in [0.2, 0.25) is 0 Å². The lowest BCUT2D eigenvalue weighted by molar-refractivity contribution is 0.968. The van der Waals surface area contributed by atoms with E-state index in [0.29, 0.717) is 0 Å². The van der Waals surface area contributed by atoms with Gasteiger partial charge in [0.2, 0.25) is 0 Å². The molecule has 7 aromatic carbocycles. The summed E-state index contributed by atoms with van der Waals surface area (Å²) in [7, 11) is 0. The van der Waals surface area contributed by atoms with Crippen LogP contribution in [0.1, 0.15) is 48.9 Å². The summed E-state index contributed by atoms with van der Waals surface area (Å²) >= 11 is 1.85. The van der Waals surface area contributed by atoms with Crippen LogP contribution in [0.15, 0.2) is 272 Å². The maximum absolute atomic E-state index is 3.64. The Morgan fingerprint density at radius 3 is 1.86 bits per heavy atom. The van der Waals surface area contributed by atoms with Crippen LogP contribution >= 0.6 is 11.3 Å². The molecule has 9 aromatic rings. The highest BCUT2D eigenvalue weighted by Gasteiger charge is 2.22. The van der Waals surface area contributed by atoms with Crippen molar-refractivity contribution >= 4 is 88.6 Å². The van der Waals surface area contributed by atoms with Gasteiger partial charge >= 0.3 is 0 Å². The number of hydrogen-bond acceptors (Lipinski definition) is 4. The van der Waals surface area contributed by atoms with Crippen molar-refractivity contribution in [1.29, 1.82) is 0 Å². The number of nitrogens with zero attached hydrogens (tertiary/aromatic N) is 3. The van der Waals surface area contributed by atoms with Crippen LogP contribution in [0.4, 0.5) is 28.4 Å². The normalized spacial score (nSPS) is 15.2. The van der Waals surface area contributed by atoms with E-state index >= 15 is 0 Å². The van der Waals surface area contributed by atoms with Gasteiger partial charge in [-0.2, -0.15) is 0 Å². The molecule has 4 aliphatic rings. The summed E-state index contributed by atoms with van der Waals surface area (Å²) in [6.07, 6.45) is 38.7. The second kappa shape index (κ2) is 20.0. The van der Waals surface area contributed by atoms with Crippen LogP contribution in [-0.4, -0.2) is 4.98 Å². The van der Waals surface area contributed by atoms with Crippen molar-refractivity contribution in [2.75, 3.05) is 14.7 Å². The van der Waals surface area contributed by atoms with Gasteiger partial charge in [0, 0.05) is 100.0 Å². The highest BCUT2D eigenvalue weighted by Crippen LogP contribution is 2.42. The molecular formula is C69H54N4S. The fourth-order valence-electron chi connectivity index (χ4n) is 10.9. The number of nitrogens with one attached hydrogen (secondary N) is 1. The number of aromatic amines is 1. The molecule has 0 saturated heterocycles. The Morgan fingerprint density at radius 1 is 0.419 bits per heavy atom. The second-order valence-corrected chi connectivity index (χ2v) is 20.2. The minimum Gasteiger partial charge on any atom is -0.355 e. The topological polar surface area (TPSA) is 25.5 Å². The van der Waals surface area contributed by atoms with Gasteiger partial charge in [-0.15, -0.1) is 11.3 Å². The van der Waals surface area contributed by atoms with Gasteiger partial charge in [-0.05, 0) is 163 Å². The predicted molar refractivity (Wildman–Crippen MR) is 318 cm³/mol. The third-order valence-corrected chi connectivity index (χ3v) is 15.7. The number of thiophene rings is 1.